The first-order valence-corrected chi connectivity index (χ1v) is 5.94. The Hall–Kier alpha value is -1.33. The second-order valence-corrected chi connectivity index (χ2v) is 4.15. The fraction of sp³-hybridized carbons (Fsp3) is 0.583. The summed E-state index contributed by atoms with van der Waals surface area (Å²) in [4.78, 5) is 21.2. The van der Waals surface area contributed by atoms with Gasteiger partial charge in [-0.2, -0.15) is 0 Å². The van der Waals surface area contributed by atoms with Gasteiger partial charge in [0.05, 0.1) is 12.2 Å². The van der Waals surface area contributed by atoms with E-state index in [1.54, 1.807) is 0 Å². The molecule has 2 rings (SSSR count). The van der Waals surface area contributed by atoms with Crippen LogP contribution >= 0.6 is 0 Å². The first-order valence-electron chi connectivity index (χ1n) is 5.94. The number of hydrogen-bond donors (Lipinski definition) is 0. The standard InChI is InChI=1S/C12H17N3O2/c1-2-3-15-4-5-17-11(8-15)12-13-6-10(9-16)7-14-12/h6-7,9,11H,2-5,8H2,1H3. The molecule has 92 valence electrons. The highest BCUT2D eigenvalue weighted by atomic mass is 16.5. The third-order valence-electron chi connectivity index (χ3n) is 2.81. The van der Waals surface area contributed by atoms with Gasteiger partial charge in [-0.15, -0.1) is 0 Å². The number of carbonyl (C=O) groups is 1. The summed E-state index contributed by atoms with van der Waals surface area (Å²) in [6.07, 6.45) is 4.89. The van der Waals surface area contributed by atoms with Crippen molar-refractivity contribution in [3.05, 3.63) is 23.8 Å². The van der Waals surface area contributed by atoms with Crippen LogP contribution in [0.15, 0.2) is 12.4 Å². The first kappa shape index (κ1) is 12.1. The molecule has 1 aromatic heterocycles. The number of aldehydes is 1. The summed E-state index contributed by atoms with van der Waals surface area (Å²) in [5.41, 5.74) is 0.495. The van der Waals surface area contributed by atoms with Crippen molar-refractivity contribution < 1.29 is 9.53 Å². The van der Waals surface area contributed by atoms with E-state index >= 15 is 0 Å². The Kier molecular flexibility index (Phi) is 4.17. The molecule has 1 unspecified atom stereocenters. The van der Waals surface area contributed by atoms with E-state index in [0.29, 0.717) is 18.0 Å². The number of aromatic nitrogens is 2. The van der Waals surface area contributed by atoms with Gasteiger partial charge in [-0.05, 0) is 13.0 Å². The van der Waals surface area contributed by atoms with Gasteiger partial charge < -0.3 is 4.74 Å². The van der Waals surface area contributed by atoms with Crippen molar-refractivity contribution in [1.29, 1.82) is 0 Å². The fourth-order valence-electron chi connectivity index (χ4n) is 1.95. The third kappa shape index (κ3) is 3.08. The van der Waals surface area contributed by atoms with Crippen LogP contribution in [0.1, 0.15) is 35.6 Å². The molecule has 1 aromatic rings. The van der Waals surface area contributed by atoms with E-state index < -0.39 is 0 Å². The lowest BCUT2D eigenvalue weighted by molar-refractivity contribution is -0.0342. The zero-order valence-electron chi connectivity index (χ0n) is 10.0. The highest BCUT2D eigenvalue weighted by Crippen LogP contribution is 2.18. The van der Waals surface area contributed by atoms with Crippen LogP contribution in [0.5, 0.6) is 0 Å². The highest BCUT2D eigenvalue weighted by Gasteiger charge is 2.23. The van der Waals surface area contributed by atoms with Gasteiger partial charge in [0, 0.05) is 25.5 Å². The maximum Gasteiger partial charge on any atom is 0.158 e. The van der Waals surface area contributed by atoms with Crippen molar-refractivity contribution in [3.8, 4) is 0 Å². The minimum Gasteiger partial charge on any atom is -0.368 e. The Bertz CT molecular complexity index is 365. The van der Waals surface area contributed by atoms with Crippen LogP contribution in [0.4, 0.5) is 0 Å². The summed E-state index contributed by atoms with van der Waals surface area (Å²) < 4.78 is 5.66. The molecule has 1 fully saturated rings. The minimum absolute atomic E-state index is 0.0731. The Labute approximate surface area is 101 Å². The first-order chi connectivity index (χ1) is 8.33. The molecular weight excluding hydrogens is 218 g/mol. The van der Waals surface area contributed by atoms with E-state index in [9.17, 15) is 4.79 Å². The van der Waals surface area contributed by atoms with Crippen molar-refractivity contribution in [2.24, 2.45) is 0 Å². The van der Waals surface area contributed by atoms with Gasteiger partial charge in [0.1, 0.15) is 6.10 Å². The topological polar surface area (TPSA) is 55.3 Å². The molecule has 0 aliphatic carbocycles. The predicted octanol–water partition coefficient (Wildman–Crippen LogP) is 1.07. The molecule has 1 atom stereocenters. The van der Waals surface area contributed by atoms with Gasteiger partial charge in [0.2, 0.25) is 0 Å². The van der Waals surface area contributed by atoms with E-state index in [2.05, 4.69) is 21.8 Å². The summed E-state index contributed by atoms with van der Waals surface area (Å²) >= 11 is 0. The van der Waals surface area contributed by atoms with Gasteiger partial charge >= 0.3 is 0 Å². The zero-order valence-corrected chi connectivity index (χ0v) is 10.0. The van der Waals surface area contributed by atoms with Gasteiger partial charge in [-0.3, -0.25) is 9.69 Å². The molecule has 1 saturated heterocycles. The van der Waals surface area contributed by atoms with Gasteiger partial charge in [-0.1, -0.05) is 6.92 Å². The number of ether oxygens (including phenoxy) is 1. The van der Waals surface area contributed by atoms with Gasteiger partial charge in [-0.25, -0.2) is 9.97 Å². The van der Waals surface area contributed by atoms with E-state index in [1.807, 2.05) is 0 Å². The summed E-state index contributed by atoms with van der Waals surface area (Å²) in [5, 5.41) is 0. The summed E-state index contributed by atoms with van der Waals surface area (Å²) in [5.74, 6) is 0.663. The molecular formula is C12H17N3O2. The quantitative estimate of drug-likeness (QED) is 0.731. The number of rotatable bonds is 4. The minimum atomic E-state index is -0.0731. The lowest BCUT2D eigenvalue weighted by atomic mass is 10.2. The molecule has 17 heavy (non-hydrogen) atoms. The van der Waals surface area contributed by atoms with E-state index in [4.69, 9.17) is 4.74 Å². The number of morpholine rings is 1. The van der Waals surface area contributed by atoms with Crippen molar-refractivity contribution in [1.82, 2.24) is 14.9 Å². The largest absolute Gasteiger partial charge is 0.368 e. The average molecular weight is 235 g/mol. The molecule has 1 aliphatic rings. The van der Waals surface area contributed by atoms with E-state index in [0.717, 1.165) is 32.3 Å². The molecule has 5 nitrogen and oxygen atoms in total. The predicted molar refractivity (Wildman–Crippen MR) is 62.8 cm³/mol. The third-order valence-corrected chi connectivity index (χ3v) is 2.81. The molecule has 1 aliphatic heterocycles. The van der Waals surface area contributed by atoms with E-state index in [1.165, 1.54) is 12.4 Å². The zero-order chi connectivity index (χ0) is 12.1. The van der Waals surface area contributed by atoms with Crippen LogP contribution in [0.2, 0.25) is 0 Å². The Balaban J connectivity index is 2.02. The Morgan fingerprint density at radius 1 is 1.53 bits per heavy atom. The average Bonchev–Trinajstić information content (AvgIpc) is 2.40. The molecule has 0 saturated carbocycles. The summed E-state index contributed by atoms with van der Waals surface area (Å²) in [6, 6.07) is 0. The molecule has 0 radical (unpaired) electrons. The SMILES string of the molecule is CCCN1CCOC(c2ncc(C=O)cn2)C1. The van der Waals surface area contributed by atoms with Crippen LogP contribution < -0.4 is 0 Å². The maximum atomic E-state index is 10.5. The lowest BCUT2D eigenvalue weighted by Crippen LogP contribution is -2.39. The molecule has 0 bridgehead atoms. The van der Waals surface area contributed by atoms with Crippen molar-refractivity contribution in [2.75, 3.05) is 26.2 Å². The normalized spacial score (nSPS) is 21.4. The van der Waals surface area contributed by atoms with Crippen LogP contribution in [-0.4, -0.2) is 47.4 Å². The molecule has 2 heterocycles. The Morgan fingerprint density at radius 3 is 2.94 bits per heavy atom. The van der Waals surface area contributed by atoms with Crippen LogP contribution in [0.3, 0.4) is 0 Å². The van der Waals surface area contributed by atoms with E-state index in [-0.39, 0.29) is 6.10 Å². The van der Waals surface area contributed by atoms with Crippen molar-refractivity contribution in [2.45, 2.75) is 19.4 Å². The molecule has 0 spiro atoms. The smallest absolute Gasteiger partial charge is 0.158 e. The molecule has 0 amide bonds. The molecule has 0 aromatic carbocycles. The maximum absolute atomic E-state index is 10.5. The second-order valence-electron chi connectivity index (χ2n) is 4.15. The van der Waals surface area contributed by atoms with Gasteiger partial charge in [0.25, 0.3) is 0 Å². The fourth-order valence-corrected chi connectivity index (χ4v) is 1.95. The van der Waals surface area contributed by atoms with Crippen molar-refractivity contribution in [3.63, 3.8) is 0 Å². The van der Waals surface area contributed by atoms with Crippen molar-refractivity contribution >= 4 is 6.29 Å². The Morgan fingerprint density at radius 2 is 2.29 bits per heavy atom. The second kappa shape index (κ2) is 5.84. The lowest BCUT2D eigenvalue weighted by Gasteiger charge is -2.31. The van der Waals surface area contributed by atoms with Crippen LogP contribution in [-0.2, 0) is 4.74 Å². The summed E-state index contributed by atoms with van der Waals surface area (Å²) in [6.45, 7) is 5.75. The van der Waals surface area contributed by atoms with Crippen LogP contribution in [0.25, 0.3) is 0 Å². The number of carbonyl (C=O) groups excluding carboxylic acids is 1. The van der Waals surface area contributed by atoms with Gasteiger partial charge in [0.15, 0.2) is 12.1 Å². The number of hydrogen-bond acceptors (Lipinski definition) is 5. The highest BCUT2D eigenvalue weighted by molar-refractivity contribution is 5.73. The molecule has 0 N–H and O–H groups in total. The summed E-state index contributed by atoms with van der Waals surface area (Å²) in [7, 11) is 0. The number of nitrogens with zero attached hydrogens (tertiary/aromatic N) is 3. The molecule has 5 heteroatoms. The van der Waals surface area contributed by atoms with Crippen LogP contribution in [0, 0.1) is 0 Å². The monoisotopic (exact) mass is 235 g/mol.